The third-order valence-electron chi connectivity index (χ3n) is 5.08. The molecule has 2 aromatic carbocycles. The van der Waals surface area contributed by atoms with E-state index in [1.807, 2.05) is 24.3 Å². The van der Waals surface area contributed by atoms with Gasteiger partial charge in [-0.15, -0.1) is 0 Å². The molecule has 0 saturated carbocycles. The van der Waals surface area contributed by atoms with Crippen LogP contribution in [0.5, 0.6) is 5.75 Å². The van der Waals surface area contributed by atoms with E-state index in [-0.39, 0.29) is 24.8 Å². The van der Waals surface area contributed by atoms with Gasteiger partial charge < -0.3 is 19.7 Å². The maximum Gasteiger partial charge on any atom is 0.407 e. The Kier molecular flexibility index (Phi) is 4.61. The molecule has 142 valence electrons. The number of aromatic nitrogens is 1. The molecule has 28 heavy (non-hydrogen) atoms. The zero-order valence-corrected chi connectivity index (χ0v) is 15.4. The highest BCUT2D eigenvalue weighted by atomic mass is 16.5. The summed E-state index contributed by atoms with van der Waals surface area (Å²) in [6.45, 7) is 0.358. The summed E-state index contributed by atoms with van der Waals surface area (Å²) in [5.41, 5.74) is 4.73. The molecule has 0 fully saturated rings. The lowest BCUT2D eigenvalue weighted by Gasteiger charge is -2.15. The van der Waals surface area contributed by atoms with Crippen molar-refractivity contribution in [2.24, 2.45) is 7.05 Å². The van der Waals surface area contributed by atoms with Gasteiger partial charge in [0.1, 0.15) is 6.61 Å². The second-order valence-electron chi connectivity index (χ2n) is 6.80. The van der Waals surface area contributed by atoms with Crippen molar-refractivity contribution in [1.82, 2.24) is 9.88 Å². The Morgan fingerprint density at radius 2 is 1.71 bits per heavy atom. The van der Waals surface area contributed by atoms with Crippen molar-refractivity contribution in [2.45, 2.75) is 12.5 Å². The second kappa shape index (κ2) is 7.23. The van der Waals surface area contributed by atoms with Crippen molar-refractivity contribution in [3.63, 3.8) is 0 Å². The normalized spacial score (nSPS) is 12.3. The monoisotopic (exact) mass is 376 g/mol. The van der Waals surface area contributed by atoms with Crippen molar-refractivity contribution in [1.29, 1.82) is 0 Å². The molecule has 0 spiro atoms. The minimum absolute atomic E-state index is 0.00354. The van der Waals surface area contributed by atoms with Crippen LogP contribution < -0.4 is 10.7 Å². The highest BCUT2D eigenvalue weighted by molar-refractivity contribution is 5.79. The summed E-state index contributed by atoms with van der Waals surface area (Å²) in [6, 6.07) is 17.6. The predicted octanol–water partition coefficient (Wildman–Crippen LogP) is 3.13. The topological polar surface area (TPSA) is 80.6 Å². The van der Waals surface area contributed by atoms with Crippen molar-refractivity contribution >= 4 is 6.09 Å². The fourth-order valence-electron chi connectivity index (χ4n) is 3.64. The Balaban J connectivity index is 1.43. The van der Waals surface area contributed by atoms with Crippen LogP contribution >= 0.6 is 0 Å². The Labute approximate surface area is 162 Å². The van der Waals surface area contributed by atoms with E-state index >= 15 is 0 Å². The van der Waals surface area contributed by atoms with E-state index in [1.165, 1.54) is 23.4 Å². The number of ether oxygens (including phenoxy) is 1. The van der Waals surface area contributed by atoms with Crippen LogP contribution in [0.25, 0.3) is 11.1 Å². The van der Waals surface area contributed by atoms with Gasteiger partial charge in [0.05, 0.1) is 6.54 Å². The first-order valence-electron chi connectivity index (χ1n) is 9.02. The molecule has 0 unspecified atom stereocenters. The molecule has 6 heteroatoms. The first-order valence-corrected chi connectivity index (χ1v) is 9.02. The third kappa shape index (κ3) is 3.24. The van der Waals surface area contributed by atoms with E-state index in [0.29, 0.717) is 5.69 Å². The quantitative estimate of drug-likeness (QED) is 0.733. The first-order chi connectivity index (χ1) is 13.5. The van der Waals surface area contributed by atoms with Crippen molar-refractivity contribution in [3.8, 4) is 16.9 Å². The lowest BCUT2D eigenvalue weighted by Crippen LogP contribution is -2.27. The van der Waals surface area contributed by atoms with Gasteiger partial charge >= 0.3 is 6.09 Å². The van der Waals surface area contributed by atoms with Crippen LogP contribution in [-0.2, 0) is 18.3 Å². The van der Waals surface area contributed by atoms with Crippen LogP contribution in [0.15, 0.2) is 65.6 Å². The van der Waals surface area contributed by atoms with Gasteiger partial charge in [0, 0.05) is 30.9 Å². The predicted molar refractivity (Wildman–Crippen MR) is 105 cm³/mol. The number of rotatable bonds is 4. The van der Waals surface area contributed by atoms with E-state index in [9.17, 15) is 14.7 Å². The molecule has 0 bridgehead atoms. The number of nitrogens with zero attached hydrogens (tertiary/aromatic N) is 1. The number of fused-ring (bicyclic) bond motifs is 3. The highest BCUT2D eigenvalue weighted by Crippen LogP contribution is 2.44. The van der Waals surface area contributed by atoms with E-state index in [1.54, 1.807) is 11.6 Å². The van der Waals surface area contributed by atoms with Crippen molar-refractivity contribution in [2.75, 3.05) is 6.61 Å². The number of pyridine rings is 1. The molecule has 3 aromatic rings. The molecule has 1 amide bonds. The molecule has 1 heterocycles. The number of hydrogen-bond donors (Lipinski definition) is 2. The summed E-state index contributed by atoms with van der Waals surface area (Å²) in [5.74, 6) is -0.330. The minimum atomic E-state index is -0.553. The van der Waals surface area contributed by atoms with Gasteiger partial charge in [0.15, 0.2) is 5.75 Å². The van der Waals surface area contributed by atoms with E-state index in [2.05, 4.69) is 29.6 Å². The first kappa shape index (κ1) is 17.9. The number of hydrogen-bond acceptors (Lipinski definition) is 4. The van der Waals surface area contributed by atoms with Gasteiger partial charge in [-0.1, -0.05) is 48.5 Å². The zero-order valence-electron chi connectivity index (χ0n) is 15.4. The third-order valence-corrected chi connectivity index (χ3v) is 5.08. The van der Waals surface area contributed by atoms with Crippen LogP contribution in [0.2, 0.25) is 0 Å². The standard InChI is InChI=1S/C22H20N2O4/c1-24-12-21(26)20(25)10-14(24)11-23-22(27)28-13-19-17-8-4-2-6-15(17)16-7-3-5-9-18(16)19/h2-10,12,19,26H,11,13H2,1H3,(H,23,27). The molecule has 1 aliphatic carbocycles. The number of aryl methyl sites for hydroxylation is 1. The molecular formula is C22H20N2O4. The highest BCUT2D eigenvalue weighted by Gasteiger charge is 2.28. The van der Waals surface area contributed by atoms with Gasteiger partial charge in [0.25, 0.3) is 0 Å². The van der Waals surface area contributed by atoms with Gasteiger partial charge in [-0.25, -0.2) is 4.79 Å². The Morgan fingerprint density at radius 1 is 1.11 bits per heavy atom. The smallest absolute Gasteiger partial charge is 0.407 e. The molecule has 6 nitrogen and oxygen atoms in total. The van der Waals surface area contributed by atoms with Crippen LogP contribution in [0, 0.1) is 0 Å². The van der Waals surface area contributed by atoms with E-state index in [4.69, 9.17) is 4.74 Å². The zero-order chi connectivity index (χ0) is 19.7. The minimum Gasteiger partial charge on any atom is -0.503 e. The lowest BCUT2D eigenvalue weighted by molar-refractivity contribution is 0.142. The SMILES string of the molecule is Cn1cc(O)c(=O)cc1CNC(=O)OCC1c2ccccc2-c2ccccc21. The van der Waals surface area contributed by atoms with Gasteiger partial charge in [0.2, 0.25) is 5.43 Å². The van der Waals surface area contributed by atoms with E-state index in [0.717, 1.165) is 11.1 Å². The number of benzene rings is 2. The second-order valence-corrected chi connectivity index (χ2v) is 6.80. The fraction of sp³-hybridized carbons (Fsp3) is 0.182. The van der Waals surface area contributed by atoms with Gasteiger partial charge in [-0.3, -0.25) is 4.79 Å². The molecule has 0 radical (unpaired) electrons. The molecule has 0 aliphatic heterocycles. The fourth-order valence-corrected chi connectivity index (χ4v) is 3.64. The largest absolute Gasteiger partial charge is 0.503 e. The maximum absolute atomic E-state index is 12.2. The number of aromatic hydroxyl groups is 1. The summed E-state index contributed by atoms with van der Waals surface area (Å²) in [7, 11) is 1.69. The van der Waals surface area contributed by atoms with Gasteiger partial charge in [-0.05, 0) is 22.3 Å². The lowest BCUT2D eigenvalue weighted by atomic mass is 9.98. The molecule has 1 aromatic heterocycles. The average Bonchev–Trinajstić information content (AvgIpc) is 3.02. The number of carbonyl (C=O) groups is 1. The molecule has 1 aliphatic rings. The summed E-state index contributed by atoms with van der Waals surface area (Å²) in [5, 5.41) is 12.1. The van der Waals surface area contributed by atoms with Crippen molar-refractivity contribution in [3.05, 3.63) is 87.8 Å². The maximum atomic E-state index is 12.2. The molecule has 4 rings (SSSR count). The Hall–Kier alpha value is -3.54. The summed E-state index contributed by atoms with van der Waals surface area (Å²) < 4.78 is 7.05. The number of alkyl carbamates (subject to hydrolysis) is 1. The molecule has 0 saturated heterocycles. The summed E-state index contributed by atoms with van der Waals surface area (Å²) >= 11 is 0. The van der Waals surface area contributed by atoms with Crippen molar-refractivity contribution < 1.29 is 14.6 Å². The van der Waals surface area contributed by atoms with Crippen LogP contribution in [0.4, 0.5) is 4.79 Å². The van der Waals surface area contributed by atoms with Crippen LogP contribution in [0.3, 0.4) is 0 Å². The van der Waals surface area contributed by atoms with E-state index < -0.39 is 11.5 Å². The van der Waals surface area contributed by atoms with Gasteiger partial charge in [-0.2, -0.15) is 0 Å². The number of amides is 1. The average molecular weight is 376 g/mol. The summed E-state index contributed by atoms with van der Waals surface area (Å²) in [4.78, 5) is 23.8. The number of carbonyl (C=O) groups excluding carboxylic acids is 1. The Morgan fingerprint density at radius 3 is 2.36 bits per heavy atom. The molecule has 0 atom stereocenters. The summed E-state index contributed by atoms with van der Waals surface area (Å²) in [6.07, 6.45) is 0.763. The van der Waals surface area contributed by atoms with Crippen LogP contribution in [0.1, 0.15) is 22.7 Å². The molecule has 2 N–H and O–H groups in total. The number of nitrogens with one attached hydrogen (secondary N) is 1. The molecular weight excluding hydrogens is 356 g/mol. The Bertz CT molecular complexity index is 1060. The van der Waals surface area contributed by atoms with Crippen LogP contribution in [-0.4, -0.2) is 22.4 Å².